The van der Waals surface area contributed by atoms with E-state index >= 15 is 0 Å². The average molecular weight is 455 g/mol. The Morgan fingerprint density at radius 2 is 0.767 bits per heavy atom. The number of hydrogen-bond acceptors (Lipinski definition) is 0. The van der Waals surface area contributed by atoms with E-state index in [4.69, 9.17) is 0 Å². The van der Waals surface area contributed by atoms with Gasteiger partial charge in [-0.3, -0.25) is 0 Å². The van der Waals surface area contributed by atoms with Crippen molar-refractivity contribution in [3.8, 4) is 0 Å². The Morgan fingerprint density at radius 1 is 0.533 bits per heavy atom. The van der Waals surface area contributed by atoms with E-state index in [0.29, 0.717) is 5.92 Å². The molecule has 6 heteroatoms. The molecule has 0 saturated carbocycles. The maximum absolute atomic E-state index is 3.97. The van der Waals surface area contributed by atoms with Gasteiger partial charge in [-0.15, -0.1) is 0 Å². The minimum absolute atomic E-state index is 0. The van der Waals surface area contributed by atoms with E-state index in [-0.39, 0.29) is 34.7 Å². The Kier molecular flexibility index (Phi) is 102. The van der Waals surface area contributed by atoms with Crippen molar-refractivity contribution in [1.82, 2.24) is 0 Å². The van der Waals surface area contributed by atoms with Crippen molar-refractivity contribution in [3.63, 3.8) is 0 Å². The zero-order valence-electron chi connectivity index (χ0n) is 22.4. The molecule has 0 N–H and O–H groups in total. The van der Waals surface area contributed by atoms with E-state index in [1.807, 2.05) is 55.4 Å². The molecule has 30 heavy (non-hydrogen) atoms. The molecule has 0 aromatic heterocycles. The molecule has 1 unspecified atom stereocenters. The molecular formula is C24H56Al2N4. The van der Waals surface area contributed by atoms with E-state index in [1.54, 1.807) is 0 Å². The fraction of sp³-hybridized carbons (Fsp3) is 0.917. The molecule has 0 amide bonds. The molecule has 0 aromatic rings. The molecule has 0 rings (SSSR count). The van der Waals surface area contributed by atoms with Crippen LogP contribution in [0.2, 0.25) is 0 Å². The number of unbranched alkanes of at least 4 members (excludes halogenated alkanes) is 1. The van der Waals surface area contributed by atoms with Crippen LogP contribution < -0.4 is 0 Å². The Bertz CT molecular complexity index is 157. The zero-order chi connectivity index (χ0) is 22.9. The van der Waals surface area contributed by atoms with Gasteiger partial charge in [-0.1, -0.05) is 81.6 Å². The van der Waals surface area contributed by atoms with Crippen molar-refractivity contribution in [1.29, 1.82) is 0 Å². The van der Waals surface area contributed by atoms with Crippen LogP contribution in [0.25, 0.3) is 21.3 Å². The first-order chi connectivity index (χ1) is 13.5. The average Bonchev–Trinajstić information content (AvgIpc) is 2.70. The number of nitrogens with zero attached hydrogens (tertiary/aromatic N) is 4. The summed E-state index contributed by atoms with van der Waals surface area (Å²) in [7, 11) is 0. The molecule has 0 saturated heterocycles. The third kappa shape index (κ3) is 101. The van der Waals surface area contributed by atoms with Crippen molar-refractivity contribution < 1.29 is 0 Å². The van der Waals surface area contributed by atoms with Gasteiger partial charge in [0, 0.05) is 0 Å². The van der Waals surface area contributed by atoms with Gasteiger partial charge in [-0.25, -0.2) is 6.42 Å². The molecule has 178 valence electrons. The van der Waals surface area contributed by atoms with Gasteiger partial charge in [0.15, 0.2) is 0 Å². The van der Waals surface area contributed by atoms with Crippen LogP contribution in [0.4, 0.5) is 0 Å². The number of hydrogen-bond donors (Lipinski definition) is 0. The van der Waals surface area contributed by atoms with Crippen LogP contribution in [0.1, 0.15) is 88.0 Å². The third-order valence-corrected chi connectivity index (χ3v) is 3.16. The first-order valence-electron chi connectivity index (χ1n) is 11.6. The van der Waals surface area contributed by atoms with Gasteiger partial charge in [-0.05, 0) is 0 Å². The first kappa shape index (κ1) is 48.4. The second-order valence-corrected chi connectivity index (χ2v) is 5.72. The van der Waals surface area contributed by atoms with E-state index < -0.39 is 0 Å². The fourth-order valence-electron chi connectivity index (χ4n) is 1.53. The maximum Gasteiger partial charge on any atom is 3.00 e. The standard InChI is InChI=1S/C8H16.4C4H10N.2Al/c1-4-6-7-8(3)5-2;4*1-3-5-4-2;;/h8H,2-7H2,1H3;4*3-4H2,1-2H3;;/q-2;4*-1;2*+3. The summed E-state index contributed by atoms with van der Waals surface area (Å²) < 4.78 is 0. The van der Waals surface area contributed by atoms with Gasteiger partial charge in [-0.2, -0.15) is 58.3 Å². The Labute approximate surface area is 215 Å². The second kappa shape index (κ2) is 63.1. The summed E-state index contributed by atoms with van der Waals surface area (Å²) in [5.74, 6) is 0.593. The SMILES string of the molecule is CC[N-]CC.CC[N-]CC.CC[N-]CC.CC[N-]CC.[Al+3].[Al+3].[CH2-]CC([CH2-])CCCC. The largest absolute Gasteiger partial charge is 3.00 e. The summed E-state index contributed by atoms with van der Waals surface area (Å²) in [6.07, 6.45) is 4.83. The predicted molar refractivity (Wildman–Crippen MR) is 148 cm³/mol. The maximum atomic E-state index is 3.97. The summed E-state index contributed by atoms with van der Waals surface area (Å²) in [5.41, 5.74) is 0. The van der Waals surface area contributed by atoms with E-state index in [0.717, 1.165) is 58.8 Å². The summed E-state index contributed by atoms with van der Waals surface area (Å²) in [5, 5.41) is 15.9. The molecule has 0 aromatic carbocycles. The van der Waals surface area contributed by atoms with Crippen LogP contribution in [0, 0.1) is 19.8 Å². The monoisotopic (exact) mass is 454 g/mol. The van der Waals surface area contributed by atoms with E-state index in [1.165, 1.54) is 19.3 Å². The molecule has 0 bridgehead atoms. The molecular weight excluding hydrogens is 398 g/mol. The minimum atomic E-state index is 0. The Hall–Kier alpha value is 0.905. The van der Waals surface area contributed by atoms with Crippen LogP contribution in [0.3, 0.4) is 0 Å². The molecule has 0 aliphatic rings. The smallest absolute Gasteiger partial charge is 0.663 e. The van der Waals surface area contributed by atoms with Crippen molar-refractivity contribution in [2.24, 2.45) is 5.92 Å². The van der Waals surface area contributed by atoms with Crippen molar-refractivity contribution in [2.75, 3.05) is 52.4 Å². The second-order valence-electron chi connectivity index (χ2n) is 5.72. The van der Waals surface area contributed by atoms with Gasteiger partial charge in [0.2, 0.25) is 0 Å². The molecule has 0 heterocycles. The zero-order valence-corrected chi connectivity index (χ0v) is 24.7. The van der Waals surface area contributed by atoms with Gasteiger partial charge < -0.3 is 35.1 Å². The van der Waals surface area contributed by atoms with Crippen LogP contribution in [-0.4, -0.2) is 87.1 Å². The third-order valence-electron chi connectivity index (χ3n) is 3.16. The van der Waals surface area contributed by atoms with Crippen LogP contribution in [-0.2, 0) is 0 Å². The van der Waals surface area contributed by atoms with Gasteiger partial charge in [0.1, 0.15) is 0 Å². The predicted octanol–water partition coefficient (Wildman–Crippen LogP) is 7.69. The minimum Gasteiger partial charge on any atom is -0.663 e. The molecule has 0 aliphatic heterocycles. The van der Waals surface area contributed by atoms with Crippen molar-refractivity contribution >= 4 is 34.7 Å². The topological polar surface area (TPSA) is 56.4 Å². The molecule has 0 fully saturated rings. The van der Waals surface area contributed by atoms with Crippen molar-refractivity contribution in [3.05, 3.63) is 35.1 Å². The van der Waals surface area contributed by atoms with Gasteiger partial charge in [0.05, 0.1) is 0 Å². The summed E-state index contributed by atoms with van der Waals surface area (Å²) in [6, 6.07) is 0. The van der Waals surface area contributed by atoms with E-state index in [2.05, 4.69) is 42.0 Å². The summed E-state index contributed by atoms with van der Waals surface area (Å²) in [4.78, 5) is 0. The van der Waals surface area contributed by atoms with Crippen LogP contribution in [0.15, 0.2) is 0 Å². The molecule has 0 spiro atoms. The normalized spacial score (nSPS) is 9.30. The number of rotatable bonds is 12. The van der Waals surface area contributed by atoms with Gasteiger partial charge in [0.25, 0.3) is 0 Å². The van der Waals surface area contributed by atoms with Crippen LogP contribution >= 0.6 is 0 Å². The van der Waals surface area contributed by atoms with Crippen molar-refractivity contribution in [2.45, 2.75) is 88.0 Å². The molecule has 1 atom stereocenters. The Morgan fingerprint density at radius 3 is 0.867 bits per heavy atom. The first-order valence-corrected chi connectivity index (χ1v) is 11.6. The quantitative estimate of drug-likeness (QED) is 0.214. The van der Waals surface area contributed by atoms with Gasteiger partial charge >= 0.3 is 34.7 Å². The summed E-state index contributed by atoms with van der Waals surface area (Å²) in [6.45, 7) is 34.0. The summed E-state index contributed by atoms with van der Waals surface area (Å²) >= 11 is 0. The fourth-order valence-corrected chi connectivity index (χ4v) is 1.53. The van der Waals surface area contributed by atoms with E-state index in [9.17, 15) is 0 Å². The van der Waals surface area contributed by atoms with Crippen LogP contribution in [0.5, 0.6) is 0 Å². The molecule has 0 aliphatic carbocycles. The Balaban J connectivity index is -0.0000000441. The molecule has 0 radical (unpaired) electrons. The molecule has 4 nitrogen and oxygen atoms in total.